The van der Waals surface area contributed by atoms with Gasteiger partial charge in [-0.05, 0) is 110 Å². The van der Waals surface area contributed by atoms with E-state index < -0.39 is 0 Å². The molecule has 0 fully saturated rings. The van der Waals surface area contributed by atoms with Gasteiger partial charge in [0.1, 0.15) is 0 Å². The Morgan fingerprint density at radius 3 is 1.53 bits per heavy atom. The van der Waals surface area contributed by atoms with Crippen molar-refractivity contribution in [1.82, 2.24) is 18.9 Å². The van der Waals surface area contributed by atoms with Crippen LogP contribution in [-0.4, -0.2) is 18.9 Å². The summed E-state index contributed by atoms with van der Waals surface area (Å²) >= 11 is 0. The SMILES string of the molecule is N#Cc1ccc2c(c1)c1cc(-c3c4ccccc4c(-c4ccc5c(c4)nc4nc(-c6ccccc6)cc(-c6ccccc6)n45)c4ccccc34)ccc1n2-c1ccccc1. The first-order valence-electron chi connectivity index (χ1n) is 20.1. The molecule has 278 valence electrons. The molecule has 0 N–H and O–H groups in total. The smallest absolute Gasteiger partial charge is 0.235 e. The van der Waals surface area contributed by atoms with E-state index in [0.717, 1.165) is 72.2 Å². The predicted octanol–water partition coefficient (Wildman–Crippen LogP) is 13.8. The van der Waals surface area contributed by atoms with E-state index in [1.54, 1.807) is 0 Å². The van der Waals surface area contributed by atoms with Gasteiger partial charge in [0.25, 0.3) is 0 Å². The molecule has 0 amide bonds. The summed E-state index contributed by atoms with van der Waals surface area (Å²) in [5.74, 6) is 0.665. The lowest BCUT2D eigenvalue weighted by atomic mass is 9.85. The van der Waals surface area contributed by atoms with Crippen molar-refractivity contribution in [2.45, 2.75) is 0 Å². The minimum absolute atomic E-state index is 0.645. The third kappa shape index (κ3) is 5.18. The summed E-state index contributed by atoms with van der Waals surface area (Å²) in [6.07, 6.45) is 0. The van der Waals surface area contributed by atoms with Crippen LogP contribution in [0.2, 0.25) is 0 Å². The lowest BCUT2D eigenvalue weighted by Crippen LogP contribution is -1.97. The first-order valence-corrected chi connectivity index (χ1v) is 20.1. The molecule has 0 radical (unpaired) electrons. The zero-order valence-electron chi connectivity index (χ0n) is 32.3. The molecule has 0 saturated heterocycles. The Morgan fingerprint density at radius 2 is 0.917 bits per heavy atom. The number of nitrogens with zero attached hydrogens (tertiary/aromatic N) is 5. The van der Waals surface area contributed by atoms with Gasteiger partial charge < -0.3 is 4.57 Å². The van der Waals surface area contributed by atoms with Crippen molar-refractivity contribution in [3.05, 3.63) is 206 Å². The molecule has 0 saturated carbocycles. The van der Waals surface area contributed by atoms with Gasteiger partial charge in [0, 0.05) is 22.0 Å². The van der Waals surface area contributed by atoms with Crippen molar-refractivity contribution in [3.63, 3.8) is 0 Å². The summed E-state index contributed by atoms with van der Waals surface area (Å²) in [6.45, 7) is 0. The van der Waals surface area contributed by atoms with E-state index in [-0.39, 0.29) is 0 Å². The Kier molecular flexibility index (Phi) is 7.53. The van der Waals surface area contributed by atoms with Gasteiger partial charge >= 0.3 is 0 Å². The fraction of sp³-hybridized carbons (Fsp3) is 0. The Morgan fingerprint density at radius 1 is 0.400 bits per heavy atom. The molecule has 60 heavy (non-hydrogen) atoms. The normalized spacial score (nSPS) is 11.7. The molecule has 0 aliphatic carbocycles. The zero-order chi connectivity index (χ0) is 39.7. The number of hydrogen-bond donors (Lipinski definition) is 0. The van der Waals surface area contributed by atoms with Crippen LogP contribution in [0.15, 0.2) is 200 Å². The second kappa shape index (κ2) is 13.4. The number of aromatic nitrogens is 4. The molecule has 9 aromatic carbocycles. The van der Waals surface area contributed by atoms with Crippen molar-refractivity contribution >= 4 is 60.2 Å². The number of nitriles is 1. The van der Waals surface area contributed by atoms with Crippen molar-refractivity contribution in [3.8, 4) is 56.5 Å². The minimum Gasteiger partial charge on any atom is -0.309 e. The Balaban J connectivity index is 1.09. The number of benzene rings is 9. The van der Waals surface area contributed by atoms with Crippen LogP contribution in [0.3, 0.4) is 0 Å². The van der Waals surface area contributed by atoms with Crippen molar-refractivity contribution in [2.24, 2.45) is 0 Å². The van der Waals surface area contributed by atoms with Crippen LogP contribution in [0.4, 0.5) is 0 Å². The number of hydrogen-bond acceptors (Lipinski definition) is 3. The van der Waals surface area contributed by atoms with E-state index >= 15 is 0 Å². The van der Waals surface area contributed by atoms with Crippen molar-refractivity contribution < 1.29 is 0 Å². The molecule has 5 heteroatoms. The predicted molar refractivity (Wildman–Crippen MR) is 246 cm³/mol. The van der Waals surface area contributed by atoms with Gasteiger partial charge in [0.2, 0.25) is 5.78 Å². The number of fused-ring (bicyclic) bond motifs is 8. The lowest BCUT2D eigenvalue weighted by Gasteiger charge is -2.18. The van der Waals surface area contributed by atoms with Crippen LogP contribution in [0.25, 0.3) is 111 Å². The maximum absolute atomic E-state index is 9.93. The molecular formula is C55H33N5. The van der Waals surface area contributed by atoms with E-state index in [1.165, 1.54) is 32.7 Å². The van der Waals surface area contributed by atoms with Crippen LogP contribution in [0, 0.1) is 11.3 Å². The largest absolute Gasteiger partial charge is 0.309 e. The third-order valence-corrected chi connectivity index (χ3v) is 11.9. The van der Waals surface area contributed by atoms with Crippen LogP contribution < -0.4 is 0 Å². The number of imidazole rings is 1. The Labute approximate surface area is 345 Å². The minimum atomic E-state index is 0.645. The van der Waals surface area contributed by atoms with Gasteiger partial charge in [-0.2, -0.15) is 5.26 Å². The molecule has 12 aromatic rings. The fourth-order valence-corrected chi connectivity index (χ4v) is 9.30. The second-order valence-corrected chi connectivity index (χ2v) is 15.3. The summed E-state index contributed by atoms with van der Waals surface area (Å²) < 4.78 is 4.48. The zero-order valence-corrected chi connectivity index (χ0v) is 32.3. The Hall–Kier alpha value is -8.33. The molecule has 0 aliphatic rings. The van der Waals surface area contributed by atoms with Gasteiger partial charge in [-0.3, -0.25) is 4.40 Å². The maximum atomic E-state index is 9.93. The van der Waals surface area contributed by atoms with Crippen LogP contribution in [-0.2, 0) is 0 Å². The van der Waals surface area contributed by atoms with E-state index in [9.17, 15) is 5.26 Å². The molecule has 0 unspecified atom stereocenters. The van der Waals surface area contributed by atoms with Gasteiger partial charge in [0.05, 0.1) is 45.1 Å². The highest BCUT2D eigenvalue weighted by molar-refractivity contribution is 6.22. The highest BCUT2D eigenvalue weighted by atomic mass is 15.1. The summed E-state index contributed by atoms with van der Waals surface area (Å²) in [5, 5.41) is 16.8. The average Bonchev–Trinajstić information content (AvgIpc) is 3.85. The van der Waals surface area contributed by atoms with Crippen LogP contribution in [0.1, 0.15) is 5.56 Å². The highest BCUT2D eigenvalue weighted by Gasteiger charge is 2.21. The molecule has 12 rings (SSSR count). The van der Waals surface area contributed by atoms with Gasteiger partial charge in [-0.1, -0.05) is 140 Å². The first-order chi connectivity index (χ1) is 29.7. The third-order valence-electron chi connectivity index (χ3n) is 11.9. The molecule has 0 bridgehead atoms. The number of para-hydroxylation sites is 1. The maximum Gasteiger partial charge on any atom is 0.235 e. The molecule has 0 spiro atoms. The first kappa shape index (κ1) is 33.8. The summed E-state index contributed by atoms with van der Waals surface area (Å²) in [6, 6.07) is 72.8. The van der Waals surface area contributed by atoms with Gasteiger partial charge in [-0.15, -0.1) is 0 Å². The van der Waals surface area contributed by atoms with E-state index in [1.807, 2.05) is 42.5 Å². The topological polar surface area (TPSA) is 58.9 Å². The monoisotopic (exact) mass is 763 g/mol. The second-order valence-electron chi connectivity index (χ2n) is 15.3. The fourth-order valence-electron chi connectivity index (χ4n) is 9.30. The molecule has 0 aliphatic heterocycles. The summed E-state index contributed by atoms with van der Waals surface area (Å²) in [7, 11) is 0. The van der Waals surface area contributed by atoms with Crippen molar-refractivity contribution in [2.75, 3.05) is 0 Å². The summed E-state index contributed by atoms with van der Waals surface area (Å²) in [5.41, 5.74) is 14.5. The van der Waals surface area contributed by atoms with Crippen molar-refractivity contribution in [1.29, 1.82) is 5.26 Å². The standard InChI is InChI=1S/C55H33N5/c56-34-35-24-27-49-45(30-35)46-31-38(25-28-50(46)59(49)40-18-8-3-9-19-40)53-41-20-10-12-22-43(41)54(44-23-13-11-21-42(44)53)39-26-29-51-48(32-39)58-55-57-47(36-14-4-1-5-15-36)33-52(60(51)55)37-16-6-2-7-17-37/h1-33H. The van der Waals surface area contributed by atoms with E-state index in [0.29, 0.717) is 11.3 Å². The molecule has 5 nitrogen and oxygen atoms in total. The molecule has 3 heterocycles. The average molecular weight is 764 g/mol. The van der Waals surface area contributed by atoms with Gasteiger partial charge in [0.15, 0.2) is 0 Å². The van der Waals surface area contributed by atoms with Crippen LogP contribution >= 0.6 is 0 Å². The number of rotatable bonds is 5. The quantitative estimate of drug-likeness (QED) is 0.164. The van der Waals surface area contributed by atoms with E-state index in [2.05, 4.69) is 173 Å². The summed E-state index contributed by atoms with van der Waals surface area (Å²) in [4.78, 5) is 10.3. The van der Waals surface area contributed by atoms with Crippen LogP contribution in [0.5, 0.6) is 0 Å². The van der Waals surface area contributed by atoms with E-state index in [4.69, 9.17) is 9.97 Å². The molecular weight excluding hydrogens is 731 g/mol. The molecule has 0 atom stereocenters. The molecule has 3 aromatic heterocycles. The Bertz CT molecular complexity index is 3650. The highest BCUT2D eigenvalue weighted by Crippen LogP contribution is 2.46. The van der Waals surface area contributed by atoms with Gasteiger partial charge in [-0.25, -0.2) is 9.97 Å². The lowest BCUT2D eigenvalue weighted by molar-refractivity contribution is 1.14.